The summed E-state index contributed by atoms with van der Waals surface area (Å²) < 4.78 is 15.6. The van der Waals surface area contributed by atoms with Gasteiger partial charge in [0.2, 0.25) is 5.91 Å². The van der Waals surface area contributed by atoms with Crippen molar-refractivity contribution in [1.82, 2.24) is 24.7 Å². The van der Waals surface area contributed by atoms with Gasteiger partial charge in [0.05, 0.1) is 6.42 Å². The predicted octanol–water partition coefficient (Wildman–Crippen LogP) is 2.03. The first-order valence-corrected chi connectivity index (χ1v) is 9.65. The molecule has 5 rings (SSSR count). The van der Waals surface area contributed by atoms with E-state index < -0.39 is 0 Å². The summed E-state index contributed by atoms with van der Waals surface area (Å²) in [5, 5.41) is 12.3. The first-order valence-electron chi connectivity index (χ1n) is 9.65. The summed E-state index contributed by atoms with van der Waals surface area (Å²) in [6.07, 6.45) is 4.00. The third-order valence-electron chi connectivity index (χ3n) is 5.54. The summed E-state index contributed by atoms with van der Waals surface area (Å²) in [5.41, 5.74) is 2.38. The number of fused-ring (bicyclic) bond motifs is 1. The monoisotopic (exact) mass is 380 g/mol. The molecule has 2 aliphatic rings. The average molecular weight is 380 g/mol. The van der Waals surface area contributed by atoms with E-state index in [1.54, 1.807) is 16.9 Å². The minimum atomic E-state index is -0.148. The zero-order valence-corrected chi connectivity index (χ0v) is 15.5. The van der Waals surface area contributed by atoms with Gasteiger partial charge >= 0.3 is 0 Å². The maximum Gasteiger partial charge on any atom is 0.227 e. The Kier molecular flexibility index (Phi) is 4.18. The Hall–Kier alpha value is -3.03. The van der Waals surface area contributed by atoms with Crippen LogP contribution in [0.15, 0.2) is 36.7 Å². The van der Waals surface area contributed by atoms with Crippen molar-refractivity contribution in [2.45, 2.75) is 25.2 Å². The van der Waals surface area contributed by atoms with E-state index >= 15 is 0 Å². The molecule has 1 saturated heterocycles. The van der Waals surface area contributed by atoms with Crippen LogP contribution in [-0.4, -0.2) is 56.8 Å². The number of anilines is 1. The number of amides is 1. The van der Waals surface area contributed by atoms with Crippen LogP contribution in [0.25, 0.3) is 5.65 Å². The van der Waals surface area contributed by atoms with Crippen molar-refractivity contribution in [1.29, 1.82) is 0 Å². The number of piperazine rings is 1. The molecule has 1 amide bonds. The molecule has 3 heterocycles. The number of carbonyl (C=O) groups excluding carboxylic acids is 1. The van der Waals surface area contributed by atoms with Gasteiger partial charge in [-0.15, -0.1) is 15.3 Å². The number of nitrogens with zero attached hydrogens (tertiary/aromatic N) is 6. The zero-order valence-electron chi connectivity index (χ0n) is 15.5. The van der Waals surface area contributed by atoms with Gasteiger partial charge in [-0.25, -0.2) is 4.39 Å². The highest BCUT2D eigenvalue weighted by Gasteiger charge is 2.27. The Morgan fingerprint density at radius 1 is 1.11 bits per heavy atom. The maximum absolute atomic E-state index is 13.9. The lowest BCUT2D eigenvalue weighted by molar-refractivity contribution is -0.130. The molecule has 2 fully saturated rings. The van der Waals surface area contributed by atoms with Crippen LogP contribution >= 0.6 is 0 Å². The van der Waals surface area contributed by atoms with Crippen LogP contribution in [0, 0.1) is 5.82 Å². The molecule has 1 saturated carbocycles. The lowest BCUT2D eigenvalue weighted by atomic mass is 10.0. The molecule has 2 aromatic heterocycles. The molecule has 7 nitrogen and oxygen atoms in total. The molecule has 0 atom stereocenters. The smallest absolute Gasteiger partial charge is 0.227 e. The molecule has 1 aliphatic heterocycles. The number of benzene rings is 1. The zero-order chi connectivity index (χ0) is 19.1. The Balaban J connectivity index is 1.21. The van der Waals surface area contributed by atoms with Crippen LogP contribution in [0.3, 0.4) is 0 Å². The highest BCUT2D eigenvalue weighted by atomic mass is 19.1. The van der Waals surface area contributed by atoms with Crippen molar-refractivity contribution in [2.24, 2.45) is 0 Å². The molecule has 0 bridgehead atoms. The van der Waals surface area contributed by atoms with Crippen molar-refractivity contribution in [3.8, 4) is 0 Å². The molecular weight excluding hydrogens is 359 g/mol. The highest BCUT2D eigenvalue weighted by molar-refractivity contribution is 5.79. The van der Waals surface area contributed by atoms with Crippen molar-refractivity contribution >= 4 is 17.4 Å². The van der Waals surface area contributed by atoms with Crippen LogP contribution < -0.4 is 4.90 Å². The summed E-state index contributed by atoms with van der Waals surface area (Å²) in [5.74, 6) is 1.14. The first-order chi connectivity index (χ1) is 13.7. The van der Waals surface area contributed by atoms with Gasteiger partial charge in [-0.3, -0.25) is 4.79 Å². The van der Waals surface area contributed by atoms with Crippen LogP contribution in [-0.2, 0) is 11.2 Å². The van der Waals surface area contributed by atoms with E-state index in [2.05, 4.69) is 20.2 Å². The number of hydrogen-bond acceptors (Lipinski definition) is 5. The summed E-state index contributed by atoms with van der Waals surface area (Å²) in [7, 11) is 0. The number of hydrogen-bond donors (Lipinski definition) is 0. The largest absolute Gasteiger partial charge is 0.352 e. The normalized spacial score (nSPS) is 17.3. The van der Waals surface area contributed by atoms with Crippen molar-refractivity contribution in [2.75, 3.05) is 31.1 Å². The summed E-state index contributed by atoms with van der Waals surface area (Å²) in [4.78, 5) is 16.8. The number of carbonyl (C=O) groups is 1. The van der Waals surface area contributed by atoms with Crippen LogP contribution in [0.4, 0.5) is 10.2 Å². The average Bonchev–Trinajstić information content (AvgIpc) is 3.46. The first kappa shape index (κ1) is 17.1. The molecule has 3 aromatic rings. The molecule has 144 valence electrons. The minimum Gasteiger partial charge on any atom is -0.352 e. The van der Waals surface area contributed by atoms with E-state index in [1.165, 1.54) is 6.07 Å². The van der Waals surface area contributed by atoms with Gasteiger partial charge in [0.1, 0.15) is 18.0 Å². The van der Waals surface area contributed by atoms with Gasteiger partial charge in [-0.05, 0) is 48.1 Å². The van der Waals surface area contributed by atoms with E-state index in [4.69, 9.17) is 0 Å². The van der Waals surface area contributed by atoms with Crippen LogP contribution in [0.1, 0.15) is 29.9 Å². The molecule has 0 radical (unpaired) electrons. The summed E-state index contributed by atoms with van der Waals surface area (Å²) >= 11 is 0. The standard InChI is InChI=1S/C20H21FN6O/c21-17-4-1-14(11-16(17)15-2-3-15)12-20(28)26-9-7-25(8-10-26)19-6-5-18-23-22-13-27(18)24-19/h1,4-6,11,13,15H,2-3,7-10,12H2. The quantitative estimate of drug-likeness (QED) is 0.693. The van der Waals surface area contributed by atoms with Gasteiger partial charge < -0.3 is 9.80 Å². The molecule has 1 aliphatic carbocycles. The van der Waals surface area contributed by atoms with Gasteiger partial charge in [0, 0.05) is 26.2 Å². The molecular formula is C20H21FN6O. The topological polar surface area (TPSA) is 66.6 Å². The van der Waals surface area contributed by atoms with Gasteiger partial charge in [-0.2, -0.15) is 4.52 Å². The fourth-order valence-corrected chi connectivity index (χ4v) is 3.77. The lowest BCUT2D eigenvalue weighted by Gasteiger charge is -2.35. The van der Waals surface area contributed by atoms with E-state index in [9.17, 15) is 9.18 Å². The number of aromatic nitrogens is 4. The van der Waals surface area contributed by atoms with Gasteiger partial charge in [-0.1, -0.05) is 12.1 Å². The number of halogens is 1. The molecule has 0 spiro atoms. The summed E-state index contributed by atoms with van der Waals surface area (Å²) in [6.45, 7) is 2.75. The minimum absolute atomic E-state index is 0.0928. The van der Waals surface area contributed by atoms with Crippen molar-refractivity contribution in [3.63, 3.8) is 0 Å². The van der Waals surface area contributed by atoms with E-state index in [-0.39, 0.29) is 11.7 Å². The Morgan fingerprint density at radius 3 is 2.71 bits per heavy atom. The third-order valence-corrected chi connectivity index (χ3v) is 5.54. The highest BCUT2D eigenvalue weighted by Crippen LogP contribution is 2.41. The Bertz CT molecular complexity index is 1020. The summed E-state index contributed by atoms with van der Waals surface area (Å²) in [6, 6.07) is 8.92. The van der Waals surface area contributed by atoms with Crippen LogP contribution in [0.5, 0.6) is 0 Å². The second-order valence-corrected chi connectivity index (χ2v) is 7.50. The fraction of sp³-hybridized carbons (Fsp3) is 0.400. The second-order valence-electron chi connectivity index (χ2n) is 7.50. The van der Waals surface area contributed by atoms with Gasteiger partial charge in [0.25, 0.3) is 0 Å². The van der Waals surface area contributed by atoms with Crippen molar-refractivity contribution in [3.05, 3.63) is 53.6 Å². The molecule has 8 heteroatoms. The third kappa shape index (κ3) is 3.30. The van der Waals surface area contributed by atoms with Crippen molar-refractivity contribution < 1.29 is 9.18 Å². The molecule has 28 heavy (non-hydrogen) atoms. The van der Waals surface area contributed by atoms with E-state index in [0.29, 0.717) is 31.1 Å². The van der Waals surface area contributed by atoms with Gasteiger partial charge in [0.15, 0.2) is 5.65 Å². The number of rotatable bonds is 4. The SMILES string of the molecule is O=C(Cc1ccc(F)c(C2CC2)c1)N1CCN(c2ccc3nncn3n2)CC1. The predicted molar refractivity (Wildman–Crippen MR) is 102 cm³/mol. The molecule has 1 aromatic carbocycles. The van der Waals surface area contributed by atoms with E-state index in [1.807, 2.05) is 23.1 Å². The fourth-order valence-electron chi connectivity index (χ4n) is 3.77. The maximum atomic E-state index is 13.9. The van der Waals surface area contributed by atoms with E-state index in [0.717, 1.165) is 42.9 Å². The Labute approximate surface area is 161 Å². The Morgan fingerprint density at radius 2 is 1.93 bits per heavy atom. The lowest BCUT2D eigenvalue weighted by Crippen LogP contribution is -2.49. The molecule has 0 unspecified atom stereocenters. The van der Waals surface area contributed by atoms with Crippen LogP contribution in [0.2, 0.25) is 0 Å². The second kappa shape index (κ2) is 6.85. The molecule has 0 N–H and O–H groups in total.